The molecule has 0 heterocycles. The fourth-order valence-electron chi connectivity index (χ4n) is 3.48. The molecule has 0 saturated heterocycles. The Morgan fingerprint density at radius 2 is 1.71 bits per heavy atom. The predicted octanol–water partition coefficient (Wildman–Crippen LogP) is 6.12. The highest BCUT2D eigenvalue weighted by Crippen LogP contribution is 2.34. The Morgan fingerprint density at radius 3 is 2.38 bits per heavy atom. The molecule has 0 aliphatic heterocycles. The topological polar surface area (TPSA) is 23.8 Å². The van der Waals surface area contributed by atoms with Crippen LogP contribution < -0.4 is 0 Å². The van der Waals surface area contributed by atoms with E-state index in [-0.39, 0.29) is 0 Å². The van der Waals surface area contributed by atoms with Crippen LogP contribution >= 0.6 is 0 Å². The number of nitriles is 1. The van der Waals surface area contributed by atoms with Crippen LogP contribution in [-0.2, 0) is 6.42 Å². The Balaban J connectivity index is 1.64. The lowest BCUT2D eigenvalue weighted by Gasteiger charge is -2.28. The van der Waals surface area contributed by atoms with Crippen molar-refractivity contribution in [2.24, 2.45) is 11.8 Å². The maximum Gasteiger partial charge on any atom is 0.159 e. The van der Waals surface area contributed by atoms with Gasteiger partial charge in [0.2, 0.25) is 0 Å². The number of benzene rings is 1. The van der Waals surface area contributed by atoms with Crippen molar-refractivity contribution in [1.82, 2.24) is 0 Å². The van der Waals surface area contributed by atoms with Gasteiger partial charge in [0.05, 0.1) is 6.07 Å². The first kappa shape index (κ1) is 18.4. The Hall–Kier alpha value is -1.95. The third-order valence-corrected chi connectivity index (χ3v) is 4.95. The minimum Gasteiger partial charge on any atom is -0.204 e. The van der Waals surface area contributed by atoms with Crippen LogP contribution in [0, 0.1) is 34.8 Å². The zero-order valence-electron chi connectivity index (χ0n) is 14.1. The Morgan fingerprint density at radius 1 is 1.00 bits per heavy atom. The molecule has 1 aliphatic carbocycles. The van der Waals surface area contributed by atoms with Gasteiger partial charge in [0.25, 0.3) is 0 Å². The molecule has 0 atom stereocenters. The predicted molar refractivity (Wildman–Crippen MR) is 93.3 cm³/mol. The quantitative estimate of drug-likeness (QED) is 0.436. The van der Waals surface area contributed by atoms with E-state index >= 15 is 0 Å². The molecule has 0 aromatic heterocycles. The first-order valence-corrected chi connectivity index (χ1v) is 8.84. The number of allylic oxidation sites excluding steroid dienone is 4. The highest BCUT2D eigenvalue weighted by Gasteiger charge is 2.20. The molecule has 0 amide bonds. The van der Waals surface area contributed by atoms with Crippen molar-refractivity contribution in [2.75, 3.05) is 0 Å². The van der Waals surface area contributed by atoms with E-state index in [9.17, 15) is 8.78 Å². The molecule has 0 unspecified atom stereocenters. The summed E-state index contributed by atoms with van der Waals surface area (Å²) >= 11 is 0. The summed E-state index contributed by atoms with van der Waals surface area (Å²) in [6.07, 6.45) is 16.5. The van der Waals surface area contributed by atoms with Crippen LogP contribution in [0.3, 0.4) is 0 Å². The molecule has 0 N–H and O–H groups in total. The fourth-order valence-corrected chi connectivity index (χ4v) is 3.48. The van der Waals surface area contributed by atoms with Gasteiger partial charge in [0.15, 0.2) is 11.6 Å². The molecule has 1 aromatic rings. The number of halogens is 2. The van der Waals surface area contributed by atoms with Crippen LogP contribution in [0.15, 0.2) is 42.5 Å². The normalized spacial score (nSPS) is 21.4. The minimum absolute atomic E-state index is 0.712. The second-order valence-corrected chi connectivity index (χ2v) is 6.67. The van der Waals surface area contributed by atoms with Gasteiger partial charge in [-0.15, -0.1) is 0 Å². The highest BCUT2D eigenvalue weighted by molar-refractivity contribution is 5.18. The summed E-state index contributed by atoms with van der Waals surface area (Å²) < 4.78 is 26.1. The number of aryl methyl sites for hydroxylation is 1. The smallest absolute Gasteiger partial charge is 0.159 e. The van der Waals surface area contributed by atoms with E-state index < -0.39 is 11.6 Å². The molecule has 24 heavy (non-hydrogen) atoms. The van der Waals surface area contributed by atoms with E-state index in [1.807, 2.05) is 12.1 Å². The second kappa shape index (κ2) is 10.0. The summed E-state index contributed by atoms with van der Waals surface area (Å²) in [6, 6.07) is 6.21. The molecule has 1 aromatic carbocycles. The molecule has 1 saturated carbocycles. The number of rotatable bonds is 7. The molecular formula is C21H25F2N. The molecule has 0 spiro atoms. The molecule has 0 bridgehead atoms. The Bertz CT molecular complexity index is 605. The molecular weight excluding hydrogens is 304 g/mol. The van der Waals surface area contributed by atoms with Gasteiger partial charge >= 0.3 is 0 Å². The lowest BCUT2D eigenvalue weighted by Crippen LogP contribution is -2.15. The van der Waals surface area contributed by atoms with Crippen molar-refractivity contribution in [3.8, 4) is 6.07 Å². The highest BCUT2D eigenvalue weighted by atomic mass is 19.2. The number of nitrogens with zero attached hydrogens (tertiary/aromatic N) is 1. The SMILES string of the molecule is N#CC=CC=CCCC1CCC(CCc2ccc(F)c(F)c2)CC1. The van der Waals surface area contributed by atoms with E-state index in [1.165, 1.54) is 50.3 Å². The fraction of sp³-hybridized carbons (Fsp3) is 0.476. The van der Waals surface area contributed by atoms with E-state index in [4.69, 9.17) is 5.26 Å². The van der Waals surface area contributed by atoms with Gasteiger partial charge in [-0.3, -0.25) is 0 Å². The van der Waals surface area contributed by atoms with Crippen LogP contribution in [0.4, 0.5) is 8.78 Å². The van der Waals surface area contributed by atoms with Crippen molar-refractivity contribution in [2.45, 2.75) is 51.4 Å². The largest absolute Gasteiger partial charge is 0.204 e. The average Bonchev–Trinajstić information content (AvgIpc) is 2.60. The van der Waals surface area contributed by atoms with Crippen molar-refractivity contribution in [3.05, 3.63) is 59.7 Å². The summed E-state index contributed by atoms with van der Waals surface area (Å²) in [5.41, 5.74) is 0.895. The number of hydrogen-bond donors (Lipinski definition) is 0. The van der Waals surface area contributed by atoms with Crippen LogP contribution in [0.5, 0.6) is 0 Å². The van der Waals surface area contributed by atoms with E-state index in [1.54, 1.807) is 12.1 Å². The van der Waals surface area contributed by atoms with Gasteiger partial charge in [-0.1, -0.05) is 50.0 Å². The van der Waals surface area contributed by atoms with Crippen LogP contribution in [0.2, 0.25) is 0 Å². The molecule has 1 aliphatic rings. The maximum absolute atomic E-state index is 13.2. The minimum atomic E-state index is -0.767. The van der Waals surface area contributed by atoms with Crippen molar-refractivity contribution >= 4 is 0 Å². The van der Waals surface area contributed by atoms with Crippen LogP contribution in [0.25, 0.3) is 0 Å². The van der Waals surface area contributed by atoms with Gasteiger partial charge in [-0.2, -0.15) is 5.26 Å². The Kier molecular flexibility index (Phi) is 7.68. The van der Waals surface area contributed by atoms with Gasteiger partial charge in [-0.05, 0) is 55.2 Å². The van der Waals surface area contributed by atoms with Gasteiger partial charge in [0.1, 0.15) is 0 Å². The third-order valence-electron chi connectivity index (χ3n) is 4.95. The summed E-state index contributed by atoms with van der Waals surface area (Å²) in [4.78, 5) is 0. The summed E-state index contributed by atoms with van der Waals surface area (Å²) in [5.74, 6) is 0.00267. The lowest BCUT2D eigenvalue weighted by atomic mass is 9.78. The standard InChI is InChI=1S/C21H25F2N/c22-20-14-13-19(16-21(20)23)12-11-18-9-7-17(8-10-18)6-4-2-1-3-5-15-24/h1-3,5,13-14,16-18H,4,6-12H2. The van der Waals surface area contributed by atoms with Gasteiger partial charge in [0, 0.05) is 6.08 Å². The summed E-state index contributed by atoms with van der Waals surface area (Å²) in [6.45, 7) is 0. The molecule has 3 heteroatoms. The first-order valence-electron chi connectivity index (χ1n) is 8.84. The zero-order valence-corrected chi connectivity index (χ0v) is 14.1. The second-order valence-electron chi connectivity index (χ2n) is 6.67. The summed E-state index contributed by atoms with van der Waals surface area (Å²) in [5, 5.41) is 8.39. The summed E-state index contributed by atoms with van der Waals surface area (Å²) in [7, 11) is 0. The molecule has 1 fully saturated rings. The van der Waals surface area contributed by atoms with Crippen molar-refractivity contribution in [1.29, 1.82) is 5.26 Å². The third kappa shape index (κ3) is 6.28. The van der Waals surface area contributed by atoms with Crippen molar-refractivity contribution in [3.63, 3.8) is 0 Å². The number of hydrogen-bond acceptors (Lipinski definition) is 1. The van der Waals surface area contributed by atoms with E-state index in [2.05, 4.69) is 6.08 Å². The van der Waals surface area contributed by atoms with Crippen LogP contribution in [0.1, 0.15) is 50.5 Å². The monoisotopic (exact) mass is 329 g/mol. The van der Waals surface area contributed by atoms with Crippen LogP contribution in [-0.4, -0.2) is 0 Å². The lowest BCUT2D eigenvalue weighted by molar-refractivity contribution is 0.254. The Labute approximate surface area is 143 Å². The van der Waals surface area contributed by atoms with Gasteiger partial charge < -0.3 is 0 Å². The van der Waals surface area contributed by atoms with E-state index in [0.717, 1.165) is 30.7 Å². The molecule has 0 radical (unpaired) electrons. The first-order chi connectivity index (χ1) is 11.7. The zero-order chi connectivity index (χ0) is 17.2. The average molecular weight is 329 g/mol. The molecule has 128 valence electrons. The maximum atomic E-state index is 13.2. The molecule has 1 nitrogen and oxygen atoms in total. The van der Waals surface area contributed by atoms with Gasteiger partial charge in [-0.25, -0.2) is 8.78 Å². The van der Waals surface area contributed by atoms with Crippen molar-refractivity contribution < 1.29 is 8.78 Å². The molecule has 2 rings (SSSR count). The van der Waals surface area contributed by atoms with E-state index in [0.29, 0.717) is 5.92 Å².